The molecule has 0 unspecified atom stereocenters. The van der Waals surface area contributed by atoms with Crippen molar-refractivity contribution in [3.63, 3.8) is 0 Å². The van der Waals surface area contributed by atoms with Crippen LogP contribution < -0.4 is 10.1 Å². The molecule has 2 aromatic heterocycles. The molecule has 3 aliphatic heterocycles. The Morgan fingerprint density at radius 1 is 1.07 bits per heavy atom. The van der Waals surface area contributed by atoms with Crippen LogP contribution in [0.15, 0.2) is 36.7 Å². The maximum absolute atomic E-state index is 14.7. The van der Waals surface area contributed by atoms with Crippen molar-refractivity contribution in [2.45, 2.75) is 24.9 Å². The van der Waals surface area contributed by atoms with Crippen LogP contribution in [0.3, 0.4) is 0 Å². The molecular formula is C22H25FN6O. The van der Waals surface area contributed by atoms with Gasteiger partial charge in [-0.1, -0.05) is 0 Å². The fourth-order valence-electron chi connectivity index (χ4n) is 5.06. The summed E-state index contributed by atoms with van der Waals surface area (Å²) in [5.41, 5.74) is 1.76. The SMILES string of the molecule is Fc1ccc2cc1-c1cnn3ccc(nc13)NCCN1C[C@@H]3CCCN3C[C@@H]1CO2. The molecule has 6 rings (SSSR count). The molecule has 2 atom stereocenters. The lowest BCUT2D eigenvalue weighted by Gasteiger charge is -2.43. The fourth-order valence-corrected chi connectivity index (χ4v) is 5.06. The smallest absolute Gasteiger partial charge is 0.165 e. The van der Waals surface area contributed by atoms with Crippen LogP contribution >= 0.6 is 0 Å². The van der Waals surface area contributed by atoms with Gasteiger partial charge < -0.3 is 10.1 Å². The molecule has 0 saturated carbocycles. The third-order valence-corrected chi connectivity index (χ3v) is 6.65. The van der Waals surface area contributed by atoms with Gasteiger partial charge in [-0.15, -0.1) is 0 Å². The van der Waals surface area contributed by atoms with Gasteiger partial charge in [0.25, 0.3) is 0 Å². The van der Waals surface area contributed by atoms with Gasteiger partial charge in [0.15, 0.2) is 5.65 Å². The van der Waals surface area contributed by atoms with Crippen LogP contribution in [-0.4, -0.2) is 75.8 Å². The molecule has 3 aromatic rings. The lowest BCUT2D eigenvalue weighted by Crippen LogP contribution is -2.58. The molecule has 1 aromatic carbocycles. The van der Waals surface area contributed by atoms with E-state index in [1.807, 2.05) is 12.3 Å². The van der Waals surface area contributed by atoms with E-state index >= 15 is 0 Å². The Balaban J connectivity index is 1.39. The van der Waals surface area contributed by atoms with Gasteiger partial charge in [-0.05, 0) is 43.7 Å². The lowest BCUT2D eigenvalue weighted by molar-refractivity contribution is 0.0301. The summed E-state index contributed by atoms with van der Waals surface area (Å²) >= 11 is 0. The number of aromatic nitrogens is 3. The van der Waals surface area contributed by atoms with Crippen molar-refractivity contribution in [1.82, 2.24) is 24.4 Å². The Morgan fingerprint density at radius 3 is 2.93 bits per heavy atom. The third kappa shape index (κ3) is 3.11. The molecule has 4 bridgehead atoms. The minimum absolute atomic E-state index is 0.302. The van der Waals surface area contributed by atoms with Crippen molar-refractivity contribution in [3.8, 4) is 16.9 Å². The second kappa shape index (κ2) is 7.21. The summed E-state index contributed by atoms with van der Waals surface area (Å²) in [7, 11) is 0. The molecule has 156 valence electrons. The minimum Gasteiger partial charge on any atom is -0.492 e. The molecule has 0 radical (unpaired) electrons. The number of anilines is 1. The van der Waals surface area contributed by atoms with Crippen LogP contribution in [0.25, 0.3) is 16.8 Å². The van der Waals surface area contributed by atoms with Crippen LogP contribution in [0.2, 0.25) is 0 Å². The van der Waals surface area contributed by atoms with Crippen molar-refractivity contribution in [3.05, 3.63) is 42.5 Å². The topological polar surface area (TPSA) is 57.9 Å². The number of hydrogen-bond acceptors (Lipinski definition) is 6. The Morgan fingerprint density at radius 2 is 1.97 bits per heavy atom. The molecule has 30 heavy (non-hydrogen) atoms. The number of halogens is 1. The van der Waals surface area contributed by atoms with E-state index in [4.69, 9.17) is 9.72 Å². The summed E-state index contributed by atoms with van der Waals surface area (Å²) in [4.78, 5) is 9.85. The summed E-state index contributed by atoms with van der Waals surface area (Å²) in [6.45, 7) is 5.62. The van der Waals surface area contributed by atoms with Crippen LogP contribution in [-0.2, 0) is 0 Å². The van der Waals surface area contributed by atoms with Crippen molar-refractivity contribution < 1.29 is 9.13 Å². The average molecular weight is 408 g/mol. The Labute approximate surface area is 174 Å². The van der Waals surface area contributed by atoms with Gasteiger partial charge in [0.2, 0.25) is 0 Å². The second-order valence-corrected chi connectivity index (χ2v) is 8.46. The highest BCUT2D eigenvalue weighted by atomic mass is 19.1. The van der Waals surface area contributed by atoms with Gasteiger partial charge in [0.1, 0.15) is 24.0 Å². The van der Waals surface area contributed by atoms with E-state index < -0.39 is 0 Å². The number of benzene rings is 1. The number of fused-ring (bicyclic) bond motifs is 6. The molecule has 3 aliphatic rings. The number of hydrogen-bond donors (Lipinski definition) is 1. The maximum atomic E-state index is 14.7. The summed E-state index contributed by atoms with van der Waals surface area (Å²) < 4.78 is 22.6. The summed E-state index contributed by atoms with van der Waals surface area (Å²) in [5.74, 6) is 1.16. The standard InChI is InChI=1S/C22H25FN6O/c23-20-4-3-17-10-18(20)19-11-25-29-8-5-21(26-22(19)29)24-6-9-28-12-15-2-1-7-27(15)13-16(28)14-30-17/h3-5,8,10-11,15-16H,1-2,6-7,9,12-14H2,(H,24,26)/t15-,16+/m0/s1. The second-order valence-electron chi connectivity index (χ2n) is 8.46. The number of ether oxygens (including phenoxy) is 1. The average Bonchev–Trinajstić information content (AvgIpc) is 3.38. The highest BCUT2D eigenvalue weighted by molar-refractivity contribution is 5.78. The van der Waals surface area contributed by atoms with Gasteiger partial charge in [-0.25, -0.2) is 13.9 Å². The zero-order valence-corrected chi connectivity index (χ0v) is 16.8. The minimum atomic E-state index is -0.302. The Hall–Kier alpha value is -2.71. The molecule has 8 heteroatoms. The Kier molecular flexibility index (Phi) is 4.35. The Bertz CT molecular complexity index is 1080. The largest absolute Gasteiger partial charge is 0.492 e. The summed E-state index contributed by atoms with van der Waals surface area (Å²) in [6, 6.07) is 7.84. The number of nitrogens with one attached hydrogen (secondary N) is 1. The monoisotopic (exact) mass is 408 g/mol. The summed E-state index contributed by atoms with van der Waals surface area (Å²) in [5, 5.41) is 7.79. The van der Waals surface area contributed by atoms with Crippen molar-refractivity contribution in [2.75, 3.05) is 44.6 Å². The molecule has 2 fully saturated rings. The molecule has 0 spiro atoms. The lowest BCUT2D eigenvalue weighted by atomic mass is 10.1. The predicted molar refractivity (Wildman–Crippen MR) is 112 cm³/mol. The van der Waals surface area contributed by atoms with Gasteiger partial charge in [0, 0.05) is 49.5 Å². The van der Waals surface area contributed by atoms with E-state index in [1.165, 1.54) is 25.5 Å². The van der Waals surface area contributed by atoms with Crippen LogP contribution in [0.1, 0.15) is 12.8 Å². The molecule has 5 heterocycles. The molecule has 0 aliphatic carbocycles. The first-order chi connectivity index (χ1) is 14.7. The van der Waals surface area contributed by atoms with Gasteiger partial charge in [-0.2, -0.15) is 5.10 Å². The van der Waals surface area contributed by atoms with E-state index in [9.17, 15) is 4.39 Å². The number of nitrogens with zero attached hydrogens (tertiary/aromatic N) is 5. The third-order valence-electron chi connectivity index (χ3n) is 6.65. The maximum Gasteiger partial charge on any atom is 0.165 e. The first kappa shape index (κ1) is 18.1. The molecule has 7 nitrogen and oxygen atoms in total. The highest BCUT2D eigenvalue weighted by Gasteiger charge is 2.36. The fraction of sp³-hybridized carbons (Fsp3) is 0.455. The van der Waals surface area contributed by atoms with E-state index in [1.54, 1.807) is 22.8 Å². The summed E-state index contributed by atoms with van der Waals surface area (Å²) in [6.07, 6.45) is 6.08. The zero-order chi connectivity index (χ0) is 20.1. The normalized spacial score (nSPS) is 24.7. The van der Waals surface area contributed by atoms with Gasteiger partial charge in [-0.3, -0.25) is 9.80 Å². The first-order valence-electron chi connectivity index (χ1n) is 10.7. The number of rotatable bonds is 0. The van der Waals surface area contributed by atoms with Crippen molar-refractivity contribution >= 4 is 11.5 Å². The van der Waals surface area contributed by atoms with E-state index in [2.05, 4.69) is 20.2 Å². The molecule has 1 N–H and O–H groups in total. The van der Waals surface area contributed by atoms with E-state index in [-0.39, 0.29) is 5.82 Å². The van der Waals surface area contributed by atoms with Gasteiger partial charge >= 0.3 is 0 Å². The van der Waals surface area contributed by atoms with Crippen LogP contribution in [0.5, 0.6) is 5.75 Å². The van der Waals surface area contributed by atoms with Crippen LogP contribution in [0.4, 0.5) is 10.2 Å². The molecule has 0 amide bonds. The van der Waals surface area contributed by atoms with Crippen LogP contribution in [0, 0.1) is 5.82 Å². The van der Waals surface area contributed by atoms with E-state index in [0.717, 1.165) is 32.0 Å². The van der Waals surface area contributed by atoms with E-state index in [0.29, 0.717) is 41.2 Å². The van der Waals surface area contributed by atoms with Crippen molar-refractivity contribution in [1.29, 1.82) is 0 Å². The first-order valence-corrected chi connectivity index (χ1v) is 10.7. The molecular weight excluding hydrogens is 383 g/mol. The quantitative estimate of drug-likeness (QED) is 0.617. The van der Waals surface area contributed by atoms with Crippen molar-refractivity contribution in [2.24, 2.45) is 0 Å². The zero-order valence-electron chi connectivity index (χ0n) is 16.8. The van der Waals surface area contributed by atoms with Gasteiger partial charge in [0.05, 0.1) is 12.2 Å². The predicted octanol–water partition coefficient (Wildman–Crippen LogP) is 2.49. The number of piperazine rings is 1. The highest BCUT2D eigenvalue weighted by Crippen LogP contribution is 2.31. The molecule has 2 saturated heterocycles.